The zero-order valence-electron chi connectivity index (χ0n) is 11.3. The molecule has 1 unspecified atom stereocenters. The van der Waals surface area contributed by atoms with Gasteiger partial charge in [-0.3, -0.25) is 0 Å². The van der Waals surface area contributed by atoms with E-state index in [1.807, 2.05) is 9.24 Å². The highest BCUT2D eigenvalue weighted by molar-refractivity contribution is 7.16. The lowest BCUT2D eigenvalue weighted by Crippen LogP contribution is -2.19. The van der Waals surface area contributed by atoms with E-state index in [4.69, 9.17) is 0 Å². The van der Waals surface area contributed by atoms with Gasteiger partial charge < -0.3 is 0 Å². The van der Waals surface area contributed by atoms with Crippen LogP contribution in [0.1, 0.15) is 47.0 Å². The van der Waals surface area contributed by atoms with E-state index in [0.29, 0.717) is 5.41 Å². The van der Waals surface area contributed by atoms with Crippen molar-refractivity contribution in [1.82, 2.24) is 0 Å². The third-order valence-corrected chi connectivity index (χ3v) is 3.81. The van der Waals surface area contributed by atoms with Crippen molar-refractivity contribution in [1.29, 1.82) is 0 Å². The van der Waals surface area contributed by atoms with Crippen LogP contribution in [-0.2, 0) is 0 Å². The Hall–Kier alpha value is -0.350. The Kier molecular flexibility index (Phi) is 4.99. The standard InChI is InChI=1S/C15H25P/c1-12(9-11-16)7-8-14-13(2)6-5-10-15(14,3)4/h7-9H,5-6,10-11,16H2,1-4H3/p+1/b8-7+,12-9+. The molecule has 1 rings (SSSR count). The summed E-state index contributed by atoms with van der Waals surface area (Å²) in [5.74, 6) is 0. The lowest BCUT2D eigenvalue weighted by atomic mass is 9.72. The highest BCUT2D eigenvalue weighted by Gasteiger charge is 2.26. The van der Waals surface area contributed by atoms with Crippen LogP contribution in [-0.4, -0.2) is 6.16 Å². The Morgan fingerprint density at radius 2 is 2.12 bits per heavy atom. The fraction of sp³-hybridized carbons (Fsp3) is 0.600. The van der Waals surface area contributed by atoms with Crippen LogP contribution >= 0.6 is 9.24 Å². The van der Waals surface area contributed by atoms with Gasteiger partial charge in [-0.2, -0.15) is 0 Å². The third-order valence-electron chi connectivity index (χ3n) is 3.52. The molecular weight excluding hydrogens is 211 g/mol. The van der Waals surface area contributed by atoms with Gasteiger partial charge in [0.25, 0.3) is 0 Å². The summed E-state index contributed by atoms with van der Waals surface area (Å²) in [5.41, 5.74) is 4.90. The molecule has 0 N–H and O–H groups in total. The second-order valence-electron chi connectivity index (χ2n) is 5.50. The van der Waals surface area contributed by atoms with Gasteiger partial charge in [0, 0.05) is 0 Å². The second-order valence-corrected chi connectivity index (χ2v) is 6.08. The lowest BCUT2D eigenvalue weighted by Gasteiger charge is -2.32. The molecule has 0 radical (unpaired) electrons. The zero-order chi connectivity index (χ0) is 12.2. The van der Waals surface area contributed by atoms with Gasteiger partial charge in [-0.25, -0.2) is 0 Å². The Morgan fingerprint density at radius 3 is 2.69 bits per heavy atom. The highest BCUT2D eigenvalue weighted by atomic mass is 31.0. The normalized spacial score (nSPS) is 22.1. The molecule has 0 heterocycles. The quantitative estimate of drug-likeness (QED) is 0.496. The second kappa shape index (κ2) is 5.82. The fourth-order valence-electron chi connectivity index (χ4n) is 2.52. The van der Waals surface area contributed by atoms with Gasteiger partial charge in [-0.05, 0) is 59.4 Å². The van der Waals surface area contributed by atoms with Crippen LogP contribution in [0.2, 0.25) is 0 Å². The van der Waals surface area contributed by atoms with Crippen molar-refractivity contribution in [3.05, 3.63) is 34.9 Å². The summed E-state index contributed by atoms with van der Waals surface area (Å²) in [6.07, 6.45) is 12.0. The van der Waals surface area contributed by atoms with Gasteiger partial charge in [-0.1, -0.05) is 37.1 Å². The molecular formula is C15H26P+. The molecule has 0 saturated heterocycles. The molecule has 90 valence electrons. The number of rotatable bonds is 3. The predicted molar refractivity (Wildman–Crippen MR) is 79.2 cm³/mol. The summed E-state index contributed by atoms with van der Waals surface area (Å²) in [5, 5.41) is 0. The summed E-state index contributed by atoms with van der Waals surface area (Å²) < 4.78 is 0. The van der Waals surface area contributed by atoms with Crippen LogP contribution in [0.25, 0.3) is 0 Å². The Balaban J connectivity index is 2.89. The van der Waals surface area contributed by atoms with E-state index in [0.717, 1.165) is 6.16 Å². The highest BCUT2D eigenvalue weighted by Crippen LogP contribution is 2.40. The predicted octanol–water partition coefficient (Wildman–Crippen LogP) is 4.62. The topological polar surface area (TPSA) is 0 Å². The van der Waals surface area contributed by atoms with Gasteiger partial charge in [0.1, 0.15) is 0 Å². The van der Waals surface area contributed by atoms with Crippen LogP contribution in [0, 0.1) is 5.41 Å². The molecule has 1 atom stereocenters. The van der Waals surface area contributed by atoms with E-state index < -0.39 is 0 Å². The van der Waals surface area contributed by atoms with E-state index in [9.17, 15) is 0 Å². The number of hydrogen-bond donors (Lipinski definition) is 0. The maximum Gasteiger partial charge on any atom is 0.0711 e. The monoisotopic (exact) mass is 237 g/mol. The van der Waals surface area contributed by atoms with Crippen molar-refractivity contribution in [3.63, 3.8) is 0 Å². The lowest BCUT2D eigenvalue weighted by molar-refractivity contribution is 0.377. The Bertz CT molecular complexity index is 329. The minimum absolute atomic E-state index is 0.368. The molecule has 1 heteroatoms. The van der Waals surface area contributed by atoms with Crippen molar-refractivity contribution in [2.24, 2.45) is 5.41 Å². The maximum absolute atomic E-state index is 2.37. The smallest absolute Gasteiger partial charge is 0.0696 e. The minimum atomic E-state index is 0.368. The Morgan fingerprint density at radius 1 is 1.44 bits per heavy atom. The minimum Gasteiger partial charge on any atom is -0.0696 e. The first-order valence-electron chi connectivity index (χ1n) is 6.31. The first-order chi connectivity index (χ1) is 7.47. The average Bonchev–Trinajstić information content (AvgIpc) is 2.16. The molecule has 16 heavy (non-hydrogen) atoms. The van der Waals surface area contributed by atoms with Crippen LogP contribution in [0.4, 0.5) is 0 Å². The molecule has 0 bridgehead atoms. The number of allylic oxidation sites excluding steroid dienone is 6. The van der Waals surface area contributed by atoms with E-state index >= 15 is 0 Å². The fourth-order valence-corrected chi connectivity index (χ4v) is 2.98. The first-order valence-corrected chi connectivity index (χ1v) is 7.31. The van der Waals surface area contributed by atoms with Crippen LogP contribution in [0.15, 0.2) is 34.9 Å². The summed E-state index contributed by atoms with van der Waals surface area (Å²) in [4.78, 5) is 0. The third kappa shape index (κ3) is 3.59. The summed E-state index contributed by atoms with van der Waals surface area (Å²) >= 11 is 0. The molecule has 0 amide bonds. The van der Waals surface area contributed by atoms with Crippen molar-refractivity contribution < 1.29 is 0 Å². The summed E-state index contributed by atoms with van der Waals surface area (Å²) in [6, 6.07) is 0. The van der Waals surface area contributed by atoms with E-state index in [2.05, 4.69) is 45.9 Å². The van der Waals surface area contributed by atoms with Crippen LogP contribution < -0.4 is 0 Å². The molecule has 0 aromatic rings. The van der Waals surface area contributed by atoms with E-state index in [1.165, 1.54) is 24.8 Å². The Labute approximate surface area is 103 Å². The molecule has 0 aromatic carbocycles. The molecule has 0 fully saturated rings. The molecule has 0 nitrogen and oxygen atoms in total. The SMILES string of the molecule is CC1=C(/C=C/C(C)=C/C[PH3+])C(C)(C)CCC1. The van der Waals surface area contributed by atoms with Crippen molar-refractivity contribution in [2.75, 3.05) is 6.16 Å². The van der Waals surface area contributed by atoms with Crippen molar-refractivity contribution in [3.8, 4) is 0 Å². The zero-order valence-corrected chi connectivity index (χ0v) is 12.7. The summed E-state index contributed by atoms with van der Waals surface area (Å²) in [6.45, 7) is 9.22. The van der Waals surface area contributed by atoms with Crippen LogP contribution in [0.3, 0.4) is 0 Å². The molecule has 0 aliphatic heterocycles. The summed E-state index contributed by atoms with van der Waals surface area (Å²) in [7, 11) is 2.00. The molecule has 1 aliphatic rings. The van der Waals surface area contributed by atoms with Crippen molar-refractivity contribution in [2.45, 2.75) is 47.0 Å². The number of hydrogen-bond acceptors (Lipinski definition) is 0. The van der Waals surface area contributed by atoms with Crippen molar-refractivity contribution >= 4 is 9.24 Å². The molecule has 0 spiro atoms. The van der Waals surface area contributed by atoms with Gasteiger partial charge in [0.15, 0.2) is 0 Å². The van der Waals surface area contributed by atoms with E-state index in [-0.39, 0.29) is 0 Å². The average molecular weight is 237 g/mol. The maximum atomic E-state index is 2.37. The van der Waals surface area contributed by atoms with Crippen LogP contribution in [0.5, 0.6) is 0 Å². The molecule has 0 aromatic heterocycles. The van der Waals surface area contributed by atoms with Gasteiger partial charge in [-0.15, -0.1) is 0 Å². The largest absolute Gasteiger partial charge is 0.0711 e. The van der Waals surface area contributed by atoms with Gasteiger partial charge in [0.2, 0.25) is 0 Å². The van der Waals surface area contributed by atoms with Gasteiger partial charge >= 0.3 is 0 Å². The molecule has 0 saturated carbocycles. The molecule has 1 aliphatic carbocycles. The first kappa shape index (κ1) is 13.7. The van der Waals surface area contributed by atoms with Gasteiger partial charge in [0.05, 0.1) is 6.16 Å². The van der Waals surface area contributed by atoms with E-state index in [1.54, 1.807) is 11.1 Å².